The van der Waals surface area contributed by atoms with E-state index in [-0.39, 0.29) is 0 Å². The lowest BCUT2D eigenvalue weighted by Gasteiger charge is -2.33. The van der Waals surface area contributed by atoms with Gasteiger partial charge in [-0.2, -0.15) is 0 Å². The summed E-state index contributed by atoms with van der Waals surface area (Å²) in [4.78, 5) is 0. The van der Waals surface area contributed by atoms with Gasteiger partial charge in [0.2, 0.25) is 0 Å². The maximum absolute atomic E-state index is 6.48. The molecule has 5 rings (SSSR count). The maximum Gasteiger partial charge on any atom is 0.119 e. The lowest BCUT2D eigenvalue weighted by Crippen LogP contribution is -2.45. The average Bonchev–Trinajstić information content (AvgIpc) is 3.16. The monoisotopic (exact) mass is 686 g/mol. The molecule has 5 aromatic rings. The minimum Gasteiger partial charge on any atom is -0.493 e. The van der Waals surface area contributed by atoms with Crippen LogP contribution in [0.5, 0.6) is 23.0 Å². The van der Waals surface area contributed by atoms with E-state index in [0.29, 0.717) is 50.1 Å². The normalized spacial score (nSPS) is 11.4. The van der Waals surface area contributed by atoms with Crippen molar-refractivity contribution in [3.05, 3.63) is 156 Å². The van der Waals surface area contributed by atoms with Crippen LogP contribution in [0.4, 0.5) is 0 Å². The quantitative estimate of drug-likeness (QED) is 0.104. The molecule has 5 aromatic carbocycles. The molecule has 0 heterocycles. The van der Waals surface area contributed by atoms with Crippen molar-refractivity contribution >= 4 is 0 Å². The third kappa shape index (κ3) is 12.8. The van der Waals surface area contributed by atoms with E-state index in [1.54, 1.807) is 0 Å². The van der Waals surface area contributed by atoms with Gasteiger partial charge in [-0.3, -0.25) is 0 Å². The standard InChI is InChI=1S/C41H52O4.C6H6/c1-29(2)33-9-17-37(18-10-33)42-25-41(26-43-38-19-11-34(12-20-38)30(3)4,27-44-39-21-13-35(14-22-39)31(5)6)28-45-40-23-15-36(16-24-40)32(7)8;1-2-4-6-5-3-1/h9-24,29-32H,25-28H2,1-8H3;1-6H. The Balaban J connectivity index is 0.000000878. The van der Waals surface area contributed by atoms with E-state index in [9.17, 15) is 0 Å². The summed E-state index contributed by atoms with van der Waals surface area (Å²) in [5.74, 6) is 5.08. The van der Waals surface area contributed by atoms with E-state index >= 15 is 0 Å². The fourth-order valence-electron chi connectivity index (χ4n) is 5.38. The molecule has 270 valence electrons. The second-order valence-corrected chi connectivity index (χ2v) is 14.7. The molecule has 0 amide bonds. The van der Waals surface area contributed by atoms with Gasteiger partial charge in [0, 0.05) is 0 Å². The van der Waals surface area contributed by atoms with Crippen molar-refractivity contribution < 1.29 is 18.9 Å². The van der Waals surface area contributed by atoms with E-state index in [2.05, 4.69) is 104 Å². The number of benzene rings is 5. The Kier molecular flexibility index (Phi) is 15.0. The van der Waals surface area contributed by atoms with Gasteiger partial charge in [-0.15, -0.1) is 0 Å². The Morgan fingerprint density at radius 2 is 0.490 bits per heavy atom. The molecular formula is C47H58O4. The zero-order valence-electron chi connectivity index (χ0n) is 32.0. The van der Waals surface area contributed by atoms with Gasteiger partial charge in [0.1, 0.15) is 54.8 Å². The molecule has 0 fully saturated rings. The molecule has 4 heteroatoms. The number of rotatable bonds is 16. The number of ether oxygens (including phenoxy) is 4. The summed E-state index contributed by atoms with van der Waals surface area (Å²) in [6.07, 6.45) is 0. The van der Waals surface area contributed by atoms with Crippen LogP contribution in [0.3, 0.4) is 0 Å². The van der Waals surface area contributed by atoms with Crippen molar-refractivity contribution in [2.24, 2.45) is 5.41 Å². The summed E-state index contributed by atoms with van der Waals surface area (Å²) in [5.41, 5.74) is 4.50. The summed E-state index contributed by atoms with van der Waals surface area (Å²) in [6.45, 7) is 19.0. The first-order chi connectivity index (χ1) is 24.5. The molecule has 0 saturated heterocycles. The molecule has 0 radical (unpaired) electrons. The Hall–Kier alpha value is -4.70. The zero-order valence-corrected chi connectivity index (χ0v) is 32.0. The van der Waals surface area contributed by atoms with E-state index < -0.39 is 5.41 Å². The van der Waals surface area contributed by atoms with Crippen molar-refractivity contribution in [3.8, 4) is 23.0 Å². The third-order valence-corrected chi connectivity index (χ3v) is 9.03. The largest absolute Gasteiger partial charge is 0.493 e. The molecule has 0 aliphatic carbocycles. The molecule has 0 atom stereocenters. The van der Waals surface area contributed by atoms with E-state index in [4.69, 9.17) is 18.9 Å². The van der Waals surface area contributed by atoms with Gasteiger partial charge in [0.05, 0.1) is 0 Å². The molecule has 0 N–H and O–H groups in total. The van der Waals surface area contributed by atoms with Crippen LogP contribution in [0.25, 0.3) is 0 Å². The Labute approximate surface area is 307 Å². The average molecular weight is 687 g/mol. The molecule has 0 aromatic heterocycles. The number of hydrogen-bond donors (Lipinski definition) is 0. The predicted octanol–water partition coefficient (Wildman–Crippen LogP) is 12.5. The first-order valence-electron chi connectivity index (χ1n) is 18.4. The molecule has 0 saturated carbocycles. The fraction of sp³-hybridized carbons (Fsp3) is 0.362. The highest BCUT2D eigenvalue weighted by molar-refractivity contribution is 5.32. The van der Waals surface area contributed by atoms with Crippen LogP contribution in [0.15, 0.2) is 133 Å². The van der Waals surface area contributed by atoms with Crippen molar-refractivity contribution in [1.82, 2.24) is 0 Å². The highest BCUT2D eigenvalue weighted by Crippen LogP contribution is 2.29. The van der Waals surface area contributed by atoms with Crippen molar-refractivity contribution in [3.63, 3.8) is 0 Å². The van der Waals surface area contributed by atoms with Gasteiger partial charge < -0.3 is 18.9 Å². The van der Waals surface area contributed by atoms with E-state index in [1.165, 1.54) is 22.3 Å². The lowest BCUT2D eigenvalue weighted by molar-refractivity contribution is -0.00353. The minimum atomic E-state index is -0.624. The summed E-state index contributed by atoms with van der Waals surface area (Å²) in [5, 5.41) is 0. The molecule has 4 nitrogen and oxygen atoms in total. The molecule has 0 unspecified atom stereocenters. The van der Waals surface area contributed by atoms with Crippen LogP contribution >= 0.6 is 0 Å². The topological polar surface area (TPSA) is 36.9 Å². The molecule has 0 spiro atoms. The lowest BCUT2D eigenvalue weighted by atomic mass is 9.91. The van der Waals surface area contributed by atoms with Crippen molar-refractivity contribution in [2.75, 3.05) is 26.4 Å². The molecule has 0 aliphatic rings. The van der Waals surface area contributed by atoms with E-state index in [0.717, 1.165) is 23.0 Å². The first-order valence-corrected chi connectivity index (χ1v) is 18.4. The summed E-state index contributed by atoms with van der Waals surface area (Å²) >= 11 is 0. The minimum absolute atomic E-state index is 0.353. The van der Waals surface area contributed by atoms with Crippen LogP contribution in [0.1, 0.15) is 101 Å². The van der Waals surface area contributed by atoms with Gasteiger partial charge in [-0.25, -0.2) is 0 Å². The van der Waals surface area contributed by atoms with Crippen molar-refractivity contribution in [1.29, 1.82) is 0 Å². The van der Waals surface area contributed by atoms with Crippen LogP contribution < -0.4 is 18.9 Å². The Morgan fingerprint density at radius 3 is 0.647 bits per heavy atom. The van der Waals surface area contributed by atoms with Gasteiger partial charge in [0.15, 0.2) is 0 Å². The van der Waals surface area contributed by atoms with Gasteiger partial charge in [-0.1, -0.05) is 140 Å². The first kappa shape index (κ1) is 39.1. The molecule has 0 aliphatic heterocycles. The van der Waals surface area contributed by atoms with Crippen LogP contribution in [-0.4, -0.2) is 26.4 Å². The highest BCUT2D eigenvalue weighted by atomic mass is 16.5. The second-order valence-electron chi connectivity index (χ2n) is 14.7. The Morgan fingerprint density at radius 1 is 0.314 bits per heavy atom. The van der Waals surface area contributed by atoms with Gasteiger partial charge in [0.25, 0.3) is 0 Å². The Bertz CT molecular complexity index is 1400. The highest BCUT2D eigenvalue weighted by Gasteiger charge is 2.36. The summed E-state index contributed by atoms with van der Waals surface area (Å²) in [6, 6.07) is 45.4. The fourth-order valence-corrected chi connectivity index (χ4v) is 5.38. The SMILES string of the molecule is CC(C)c1ccc(OCC(COc2ccc(C(C)C)cc2)(COc2ccc(C(C)C)cc2)COc2ccc(C(C)C)cc2)cc1.c1ccccc1. The zero-order chi connectivity index (χ0) is 36.6. The predicted molar refractivity (Wildman–Crippen MR) is 213 cm³/mol. The second kappa shape index (κ2) is 19.6. The van der Waals surface area contributed by atoms with E-state index in [1.807, 2.05) is 84.9 Å². The van der Waals surface area contributed by atoms with Crippen molar-refractivity contribution in [2.45, 2.75) is 79.1 Å². The number of hydrogen-bond acceptors (Lipinski definition) is 4. The maximum atomic E-state index is 6.48. The van der Waals surface area contributed by atoms with Gasteiger partial charge in [-0.05, 0) is 94.5 Å². The molecule has 0 bridgehead atoms. The molecule has 51 heavy (non-hydrogen) atoms. The van der Waals surface area contributed by atoms with Crippen LogP contribution in [-0.2, 0) is 0 Å². The van der Waals surface area contributed by atoms with Crippen LogP contribution in [0, 0.1) is 5.41 Å². The summed E-state index contributed by atoms with van der Waals surface area (Å²) < 4.78 is 25.9. The summed E-state index contributed by atoms with van der Waals surface area (Å²) in [7, 11) is 0. The van der Waals surface area contributed by atoms with Crippen LogP contribution in [0.2, 0.25) is 0 Å². The smallest absolute Gasteiger partial charge is 0.119 e. The third-order valence-electron chi connectivity index (χ3n) is 9.03. The van der Waals surface area contributed by atoms with Gasteiger partial charge >= 0.3 is 0 Å². The molecular weight excluding hydrogens is 629 g/mol.